The molecule has 3 heterocycles. The number of aryl methyl sites for hydroxylation is 4. The van der Waals surface area contributed by atoms with E-state index in [4.69, 9.17) is 4.98 Å². The molecule has 182 valence electrons. The number of para-hydroxylation sites is 1. The van der Waals surface area contributed by atoms with Gasteiger partial charge in [-0.25, -0.2) is 4.98 Å². The Labute approximate surface area is 220 Å². The lowest BCUT2D eigenvalue weighted by Gasteiger charge is -2.06. The molecular formula is C35H27N3. The summed E-state index contributed by atoms with van der Waals surface area (Å²) in [6.45, 7) is 8.77. The first-order valence-corrected chi connectivity index (χ1v) is 13.2. The van der Waals surface area contributed by atoms with Crippen LogP contribution in [0.1, 0.15) is 22.3 Å². The smallest absolute Gasteiger partial charge is 0.220 e. The van der Waals surface area contributed by atoms with Crippen molar-refractivity contribution in [1.29, 1.82) is 0 Å². The molecular weight excluding hydrogens is 462 g/mol. The summed E-state index contributed by atoms with van der Waals surface area (Å²) in [5, 5.41) is 7.47. The van der Waals surface area contributed by atoms with Gasteiger partial charge in [-0.05, 0) is 89.7 Å². The van der Waals surface area contributed by atoms with E-state index in [-0.39, 0.29) is 0 Å². The second-order valence-corrected chi connectivity index (χ2v) is 10.8. The van der Waals surface area contributed by atoms with Crippen LogP contribution in [0, 0.1) is 27.7 Å². The topological polar surface area (TPSA) is 21.7 Å². The van der Waals surface area contributed by atoms with Gasteiger partial charge in [-0.3, -0.25) is 8.80 Å². The van der Waals surface area contributed by atoms with Gasteiger partial charge in [0.15, 0.2) is 0 Å². The molecule has 3 heteroatoms. The van der Waals surface area contributed by atoms with Gasteiger partial charge < -0.3 is 0 Å². The van der Waals surface area contributed by atoms with Crippen LogP contribution in [0.2, 0.25) is 0 Å². The summed E-state index contributed by atoms with van der Waals surface area (Å²) in [5.74, 6) is 0.961. The fourth-order valence-corrected chi connectivity index (χ4v) is 6.66. The minimum atomic E-state index is 0.961. The summed E-state index contributed by atoms with van der Waals surface area (Å²) in [4.78, 5) is 5.35. The number of fused-ring (bicyclic) bond motifs is 12. The molecule has 0 aliphatic rings. The van der Waals surface area contributed by atoms with Gasteiger partial charge in [-0.15, -0.1) is 0 Å². The highest BCUT2D eigenvalue weighted by molar-refractivity contribution is 6.22. The number of hydrogen-bond acceptors (Lipinski definition) is 1. The van der Waals surface area contributed by atoms with Crippen LogP contribution in [0.3, 0.4) is 0 Å². The molecule has 8 aromatic rings. The SMILES string of the molecule is Cc1cc(C)c2nc3n(c2c1)c1cc(C)cc2c4ccccc4c4ccccc4c4cccc(C)c4n3c21. The summed E-state index contributed by atoms with van der Waals surface area (Å²) in [6, 6.07) is 33.5. The van der Waals surface area contributed by atoms with Gasteiger partial charge in [0.05, 0.1) is 27.6 Å². The molecule has 5 aromatic carbocycles. The third kappa shape index (κ3) is 2.71. The Kier molecular flexibility index (Phi) is 4.21. The van der Waals surface area contributed by atoms with Gasteiger partial charge in [0.1, 0.15) is 0 Å². The fourth-order valence-electron chi connectivity index (χ4n) is 6.66. The van der Waals surface area contributed by atoms with E-state index in [1.54, 1.807) is 0 Å². The quantitative estimate of drug-likeness (QED) is 0.208. The van der Waals surface area contributed by atoms with Crippen LogP contribution in [0.15, 0.2) is 91.0 Å². The van der Waals surface area contributed by atoms with Gasteiger partial charge in [0, 0.05) is 10.8 Å². The van der Waals surface area contributed by atoms with Crippen molar-refractivity contribution in [2.75, 3.05) is 0 Å². The monoisotopic (exact) mass is 489 g/mol. The fraction of sp³-hybridized carbons (Fsp3) is 0.114. The van der Waals surface area contributed by atoms with E-state index in [9.17, 15) is 0 Å². The molecule has 3 aromatic heterocycles. The number of hydrogen-bond donors (Lipinski definition) is 0. The van der Waals surface area contributed by atoms with E-state index >= 15 is 0 Å². The molecule has 0 radical (unpaired) electrons. The van der Waals surface area contributed by atoms with E-state index in [1.807, 2.05) is 0 Å². The predicted octanol–water partition coefficient (Wildman–Crippen LogP) is 9.15. The lowest BCUT2D eigenvalue weighted by molar-refractivity contribution is 1.20. The second kappa shape index (κ2) is 7.45. The molecule has 0 spiro atoms. The molecule has 0 saturated heterocycles. The molecule has 0 aliphatic carbocycles. The van der Waals surface area contributed by atoms with Crippen molar-refractivity contribution < 1.29 is 0 Å². The van der Waals surface area contributed by atoms with Gasteiger partial charge in [0.25, 0.3) is 0 Å². The number of aromatic nitrogens is 3. The van der Waals surface area contributed by atoms with Crippen molar-refractivity contribution in [2.24, 2.45) is 0 Å². The van der Waals surface area contributed by atoms with Gasteiger partial charge in [-0.1, -0.05) is 72.8 Å². The Bertz CT molecular complexity index is 2330. The highest BCUT2D eigenvalue weighted by atomic mass is 15.2. The summed E-state index contributed by atoms with van der Waals surface area (Å²) < 4.78 is 4.82. The maximum absolute atomic E-state index is 5.35. The Balaban J connectivity index is 1.89. The van der Waals surface area contributed by atoms with E-state index in [0.29, 0.717) is 0 Å². The maximum Gasteiger partial charge on any atom is 0.220 e. The third-order valence-electron chi connectivity index (χ3n) is 8.16. The van der Waals surface area contributed by atoms with Crippen molar-refractivity contribution >= 4 is 65.7 Å². The minimum absolute atomic E-state index is 0.961. The largest absolute Gasteiger partial charge is 0.277 e. The molecule has 0 fully saturated rings. The maximum atomic E-state index is 5.35. The van der Waals surface area contributed by atoms with E-state index in [2.05, 4.69) is 127 Å². The van der Waals surface area contributed by atoms with Crippen molar-refractivity contribution in [1.82, 2.24) is 13.8 Å². The molecule has 0 amide bonds. The molecule has 8 rings (SSSR count). The van der Waals surface area contributed by atoms with Crippen LogP contribution in [0.25, 0.3) is 65.7 Å². The lowest BCUT2D eigenvalue weighted by atomic mass is 10.0. The first-order valence-electron chi connectivity index (χ1n) is 13.2. The predicted molar refractivity (Wildman–Crippen MR) is 161 cm³/mol. The van der Waals surface area contributed by atoms with E-state index < -0.39 is 0 Å². The van der Waals surface area contributed by atoms with Crippen molar-refractivity contribution in [2.45, 2.75) is 27.7 Å². The molecule has 0 N–H and O–H groups in total. The van der Waals surface area contributed by atoms with Crippen LogP contribution in [0.4, 0.5) is 0 Å². The summed E-state index contributed by atoms with van der Waals surface area (Å²) >= 11 is 0. The lowest BCUT2D eigenvalue weighted by Crippen LogP contribution is -1.91. The van der Waals surface area contributed by atoms with Crippen molar-refractivity contribution in [3.63, 3.8) is 0 Å². The standard InChI is InChI=1S/C35H27N3/c1-20-16-23(4)32-30(18-20)37-31-19-21(2)17-29-27-14-8-6-12-25(27)24-11-5-7-13-26(24)28-15-9-10-22(3)33(28)38(34(29)31)35(37)36-32/h5-19H,1-4H3. The third-order valence-corrected chi connectivity index (χ3v) is 8.16. The summed E-state index contributed by atoms with van der Waals surface area (Å²) in [6.07, 6.45) is 0. The Hall–Kier alpha value is -4.63. The number of nitrogens with zero attached hydrogens (tertiary/aromatic N) is 3. The normalized spacial score (nSPS) is 12.2. The molecule has 38 heavy (non-hydrogen) atoms. The average Bonchev–Trinajstić information content (AvgIpc) is 3.44. The Morgan fingerprint density at radius 1 is 0.474 bits per heavy atom. The first-order chi connectivity index (χ1) is 18.5. The van der Waals surface area contributed by atoms with Crippen LogP contribution < -0.4 is 0 Å². The molecule has 0 aliphatic heterocycles. The van der Waals surface area contributed by atoms with Gasteiger partial charge in [-0.2, -0.15) is 0 Å². The minimum Gasteiger partial charge on any atom is -0.277 e. The number of rotatable bonds is 0. The zero-order valence-corrected chi connectivity index (χ0v) is 22.0. The van der Waals surface area contributed by atoms with Crippen LogP contribution in [-0.2, 0) is 0 Å². The first kappa shape index (κ1) is 21.5. The zero-order chi connectivity index (χ0) is 25.7. The van der Waals surface area contributed by atoms with E-state index in [1.165, 1.54) is 76.6 Å². The highest BCUT2D eigenvalue weighted by Gasteiger charge is 2.20. The summed E-state index contributed by atoms with van der Waals surface area (Å²) in [5.41, 5.74) is 10.8. The van der Waals surface area contributed by atoms with Gasteiger partial charge >= 0.3 is 0 Å². The van der Waals surface area contributed by atoms with Crippen LogP contribution in [-0.4, -0.2) is 13.8 Å². The zero-order valence-electron chi connectivity index (χ0n) is 22.0. The molecule has 3 nitrogen and oxygen atoms in total. The molecule has 0 atom stereocenters. The Morgan fingerprint density at radius 3 is 1.76 bits per heavy atom. The van der Waals surface area contributed by atoms with Crippen molar-refractivity contribution in [3.05, 3.63) is 113 Å². The number of benzene rings is 5. The summed E-state index contributed by atoms with van der Waals surface area (Å²) in [7, 11) is 0. The second-order valence-electron chi connectivity index (χ2n) is 10.8. The van der Waals surface area contributed by atoms with Crippen LogP contribution in [0.5, 0.6) is 0 Å². The molecule has 0 bridgehead atoms. The van der Waals surface area contributed by atoms with E-state index in [0.717, 1.165) is 11.3 Å². The molecule has 0 saturated carbocycles. The molecule has 0 unspecified atom stereocenters. The number of imidazole rings is 2. The Morgan fingerprint density at radius 2 is 1.05 bits per heavy atom. The van der Waals surface area contributed by atoms with Crippen molar-refractivity contribution in [3.8, 4) is 0 Å². The average molecular weight is 490 g/mol. The van der Waals surface area contributed by atoms with Gasteiger partial charge in [0.2, 0.25) is 5.78 Å². The van der Waals surface area contributed by atoms with Crippen LogP contribution >= 0.6 is 0 Å². The highest BCUT2D eigenvalue weighted by Crippen LogP contribution is 2.38.